The van der Waals surface area contributed by atoms with Gasteiger partial charge in [0.05, 0.1) is 0 Å². The fraction of sp³-hybridized carbons (Fsp3) is 1.00. The lowest BCUT2D eigenvalue weighted by Crippen LogP contribution is -2.34. The van der Waals surface area contributed by atoms with E-state index in [0.29, 0.717) is 6.61 Å². The van der Waals surface area contributed by atoms with Gasteiger partial charge in [-0.2, -0.15) is 0 Å². The Hall–Kier alpha value is 0.360. The molecule has 0 heterocycles. The van der Waals surface area contributed by atoms with Crippen LogP contribution in [0.25, 0.3) is 0 Å². The molecule has 0 aliphatic rings. The quantitative estimate of drug-likeness (QED) is 0.519. The van der Waals surface area contributed by atoms with Crippen LogP contribution < -0.4 is 8.40 Å². The second kappa shape index (κ2) is 4.52. The van der Waals surface area contributed by atoms with Crippen LogP contribution in [0, 0.1) is 14.8 Å². The summed E-state index contributed by atoms with van der Waals surface area (Å²) in [4.78, 5) is 0. The van der Waals surface area contributed by atoms with Crippen molar-refractivity contribution in [2.75, 3.05) is 6.61 Å². The van der Waals surface area contributed by atoms with Gasteiger partial charge in [0.2, 0.25) is 0 Å². The van der Waals surface area contributed by atoms with Crippen LogP contribution in [0.2, 0.25) is 0 Å². The van der Waals surface area contributed by atoms with Crippen molar-refractivity contribution in [3.05, 3.63) is 0 Å². The molecule has 0 spiro atoms. The Bertz CT molecular complexity index is 39.2. The molecular weight excluding hydrogens is 164 g/mol. The molecule has 4 heteroatoms. The predicted octanol–water partition coefficient (Wildman–Crippen LogP) is -1.50. The zero-order valence-electron chi connectivity index (χ0n) is 4.02. The van der Waals surface area contributed by atoms with Gasteiger partial charge in [-0.05, 0) is 10.2 Å². The molecule has 0 bridgehead atoms. The fourth-order valence-corrected chi connectivity index (χ4v) is 0.728. The van der Waals surface area contributed by atoms with Crippen LogP contribution >= 0.6 is 0 Å². The van der Waals surface area contributed by atoms with E-state index >= 15 is 0 Å². The van der Waals surface area contributed by atoms with E-state index in [2.05, 4.69) is 3.83 Å². The van der Waals surface area contributed by atoms with Crippen molar-refractivity contribution in [2.45, 2.75) is 13.3 Å². The average molecular weight is 171 g/mol. The molecule has 0 fully saturated rings. The van der Waals surface area contributed by atoms with Crippen LogP contribution in [0.15, 0.2) is 0 Å². The molecule has 0 aromatic heterocycles. The highest BCUT2D eigenvalue weighted by Gasteiger charge is 2.05. The minimum absolute atomic E-state index is 0.322. The summed E-state index contributed by atoms with van der Waals surface area (Å²) in [5.41, 5.74) is 0. The molecule has 0 aromatic rings. The fourth-order valence-electron chi connectivity index (χ4n) is 0.140. The van der Waals surface area contributed by atoms with Crippen molar-refractivity contribution in [1.29, 1.82) is 0 Å². The Morgan fingerprint density at radius 3 is 2.29 bits per heavy atom. The van der Waals surface area contributed by atoms with Crippen molar-refractivity contribution in [3.8, 4) is 0 Å². The van der Waals surface area contributed by atoms with Crippen molar-refractivity contribution >= 4 is 0 Å². The number of rotatable bonds is 3. The number of halogens is 1. The molecule has 0 aromatic carbocycles. The smallest absolute Gasteiger partial charge is 0.372 e. The molecule has 0 saturated heterocycles. The molecule has 0 atom stereocenters. The molecule has 3 nitrogen and oxygen atoms in total. The van der Waals surface area contributed by atoms with Crippen LogP contribution in [0.4, 0.5) is 0 Å². The lowest BCUT2D eigenvalue weighted by atomic mass is 10.5. The van der Waals surface area contributed by atoms with Gasteiger partial charge in [0.15, 0.2) is 0 Å². The highest BCUT2D eigenvalue weighted by molar-refractivity contribution is 4.12. The monoisotopic (exact) mass is 170 g/mol. The van der Waals surface area contributed by atoms with Gasteiger partial charge in [-0.15, -0.1) is 0 Å². The largest absolute Gasteiger partial charge is 0.436 e. The van der Waals surface area contributed by atoms with E-state index in [1.807, 2.05) is 6.92 Å². The third kappa shape index (κ3) is 6.36. The SMILES string of the molecule is CCCO[Br+2]([O-])[O-]. The van der Waals surface area contributed by atoms with Gasteiger partial charge in [-0.3, -0.25) is 0 Å². The van der Waals surface area contributed by atoms with Crippen LogP contribution in [-0.4, -0.2) is 6.61 Å². The molecule has 0 unspecified atom stereocenters. The lowest BCUT2D eigenvalue weighted by molar-refractivity contribution is -1.63. The minimum Gasteiger partial charge on any atom is -0.372 e. The normalized spacial score (nSPS) is 10.3. The topological polar surface area (TPSA) is 55.3 Å². The average Bonchev–Trinajstić information content (AvgIpc) is 1.61. The van der Waals surface area contributed by atoms with Gasteiger partial charge in [-0.1, -0.05) is 6.92 Å². The van der Waals surface area contributed by atoms with Gasteiger partial charge in [0, 0.05) is 0 Å². The first-order valence-electron chi connectivity index (χ1n) is 1.96. The van der Waals surface area contributed by atoms with Gasteiger partial charge in [0.25, 0.3) is 0 Å². The molecule has 0 N–H and O–H groups in total. The summed E-state index contributed by atoms with van der Waals surface area (Å²) in [6.07, 6.45) is 0.749. The Balaban J connectivity index is 2.68. The molecule has 0 saturated carbocycles. The minimum atomic E-state index is -2.92. The second-order valence-electron chi connectivity index (χ2n) is 1.00. The third-order valence-electron chi connectivity index (χ3n) is 0.370. The van der Waals surface area contributed by atoms with E-state index in [4.69, 9.17) is 0 Å². The highest BCUT2D eigenvalue weighted by Crippen LogP contribution is 1.79. The van der Waals surface area contributed by atoms with Crippen LogP contribution in [0.5, 0.6) is 0 Å². The zero-order valence-corrected chi connectivity index (χ0v) is 5.60. The molecule has 44 valence electrons. The molecule has 0 aliphatic heterocycles. The Labute approximate surface area is 47.7 Å². The van der Waals surface area contributed by atoms with E-state index in [9.17, 15) is 8.40 Å². The van der Waals surface area contributed by atoms with Crippen LogP contribution in [-0.2, 0) is 3.83 Å². The Morgan fingerprint density at radius 2 is 2.14 bits per heavy atom. The van der Waals surface area contributed by atoms with Crippen molar-refractivity contribution in [2.24, 2.45) is 0 Å². The zero-order chi connectivity index (χ0) is 5.70. The number of hydrogen-bond donors (Lipinski definition) is 0. The van der Waals surface area contributed by atoms with E-state index in [1.165, 1.54) is 0 Å². The van der Waals surface area contributed by atoms with E-state index in [-0.39, 0.29) is 0 Å². The summed E-state index contributed by atoms with van der Waals surface area (Å²) in [6.45, 7) is 2.17. The molecule has 0 amide bonds. The Morgan fingerprint density at radius 1 is 1.57 bits per heavy atom. The van der Waals surface area contributed by atoms with Crippen molar-refractivity contribution in [1.82, 2.24) is 0 Å². The summed E-state index contributed by atoms with van der Waals surface area (Å²) in [7, 11) is 0. The molecular formula is C3H7BrO3. The summed E-state index contributed by atoms with van der Waals surface area (Å²) >= 11 is -2.92. The summed E-state index contributed by atoms with van der Waals surface area (Å²) in [5, 5.41) is 0. The van der Waals surface area contributed by atoms with E-state index < -0.39 is 14.8 Å². The number of hydrogen-bond acceptors (Lipinski definition) is 3. The third-order valence-corrected chi connectivity index (χ3v) is 1.07. The van der Waals surface area contributed by atoms with Gasteiger partial charge in [-0.25, -0.2) is 0 Å². The maximum atomic E-state index is 9.61. The standard InChI is InChI=1S/C3H7BrO3/c1-2-3-7-4(5)6/h2-3H2,1H3. The first-order chi connectivity index (χ1) is 3.27. The summed E-state index contributed by atoms with van der Waals surface area (Å²) in [6, 6.07) is 0. The first kappa shape index (κ1) is 7.36. The molecule has 7 heavy (non-hydrogen) atoms. The molecule has 0 aliphatic carbocycles. The highest BCUT2D eigenvalue weighted by atomic mass is 80.0. The van der Waals surface area contributed by atoms with Gasteiger partial charge in [0.1, 0.15) is 6.61 Å². The second-order valence-corrected chi connectivity index (χ2v) is 2.25. The van der Waals surface area contributed by atoms with Gasteiger partial charge >= 0.3 is 14.8 Å². The Kier molecular flexibility index (Phi) is 4.75. The maximum absolute atomic E-state index is 9.61. The van der Waals surface area contributed by atoms with Crippen LogP contribution in [0.1, 0.15) is 13.3 Å². The molecule has 0 radical (unpaired) electrons. The predicted molar refractivity (Wildman–Crippen MR) is 16.2 cm³/mol. The summed E-state index contributed by atoms with van der Waals surface area (Å²) < 4.78 is 23.4. The summed E-state index contributed by atoms with van der Waals surface area (Å²) in [5.74, 6) is 0. The van der Waals surface area contributed by atoms with Crippen molar-refractivity contribution < 1.29 is 27.0 Å². The van der Waals surface area contributed by atoms with E-state index in [0.717, 1.165) is 6.42 Å². The van der Waals surface area contributed by atoms with Crippen molar-refractivity contribution in [3.63, 3.8) is 0 Å². The van der Waals surface area contributed by atoms with Gasteiger partial charge < -0.3 is 8.40 Å². The first-order valence-corrected chi connectivity index (χ1v) is 3.90. The van der Waals surface area contributed by atoms with Crippen LogP contribution in [0.3, 0.4) is 0 Å². The molecule has 0 rings (SSSR count). The lowest BCUT2D eigenvalue weighted by Gasteiger charge is -1.86. The van der Waals surface area contributed by atoms with E-state index in [1.54, 1.807) is 0 Å². The maximum Gasteiger partial charge on any atom is 0.436 e.